The van der Waals surface area contributed by atoms with Crippen molar-refractivity contribution in [3.05, 3.63) is 69.5 Å². The van der Waals surface area contributed by atoms with Crippen molar-refractivity contribution in [2.24, 2.45) is 0 Å². The van der Waals surface area contributed by atoms with Gasteiger partial charge in [-0.2, -0.15) is 0 Å². The summed E-state index contributed by atoms with van der Waals surface area (Å²) in [6.45, 7) is 0. The van der Waals surface area contributed by atoms with Crippen molar-refractivity contribution >= 4 is 58.2 Å². The Bertz CT molecular complexity index is 913. The second-order valence-corrected chi connectivity index (χ2v) is 7.50. The van der Waals surface area contributed by atoms with E-state index in [2.05, 4.69) is 10.3 Å². The van der Waals surface area contributed by atoms with E-state index in [-0.39, 0.29) is 11.7 Å². The smallest absolute Gasteiger partial charge is 0.234 e. The number of nitrogens with one attached hydrogen (secondary N) is 1. The third-order valence-corrected chi connectivity index (χ3v) is 5.39. The normalized spacial score (nSPS) is 10.7. The fraction of sp³-hybridized carbons (Fsp3) is 0.111. The van der Waals surface area contributed by atoms with Gasteiger partial charge in [-0.1, -0.05) is 40.9 Å². The van der Waals surface area contributed by atoms with Gasteiger partial charge in [-0.05, 0) is 36.4 Å². The van der Waals surface area contributed by atoms with Crippen LogP contribution in [0, 0.1) is 0 Å². The zero-order valence-corrected chi connectivity index (χ0v) is 16.4. The van der Waals surface area contributed by atoms with Crippen molar-refractivity contribution < 1.29 is 9.21 Å². The van der Waals surface area contributed by atoms with E-state index in [1.807, 2.05) is 12.1 Å². The standard InChI is InChI=1S/C18H13Cl3N2O2S/c19-12-6-4-11(5-7-12)18-22-13(8-25-18)9-26-10-16(24)23-15-3-1-2-14(20)17(15)21/h1-8H,9-10H2,(H,23,24). The van der Waals surface area contributed by atoms with E-state index < -0.39 is 0 Å². The summed E-state index contributed by atoms with van der Waals surface area (Å²) in [6, 6.07) is 12.3. The van der Waals surface area contributed by atoms with Crippen LogP contribution < -0.4 is 5.32 Å². The summed E-state index contributed by atoms with van der Waals surface area (Å²) in [4.78, 5) is 16.5. The third kappa shape index (κ3) is 4.95. The Morgan fingerprint density at radius 1 is 1.12 bits per heavy atom. The maximum Gasteiger partial charge on any atom is 0.234 e. The largest absolute Gasteiger partial charge is 0.444 e. The van der Waals surface area contributed by atoms with Crippen LogP contribution in [0.3, 0.4) is 0 Å². The highest BCUT2D eigenvalue weighted by Crippen LogP contribution is 2.29. The van der Waals surface area contributed by atoms with Gasteiger partial charge >= 0.3 is 0 Å². The molecule has 0 aliphatic heterocycles. The first-order valence-corrected chi connectivity index (χ1v) is 9.84. The molecule has 134 valence electrons. The Kier molecular flexibility index (Phi) is 6.48. The lowest BCUT2D eigenvalue weighted by molar-refractivity contribution is -0.113. The topological polar surface area (TPSA) is 55.1 Å². The number of benzene rings is 2. The van der Waals surface area contributed by atoms with E-state index in [9.17, 15) is 4.79 Å². The van der Waals surface area contributed by atoms with Crippen LogP contribution in [-0.2, 0) is 10.5 Å². The van der Waals surface area contributed by atoms with E-state index in [0.29, 0.717) is 32.4 Å². The highest BCUT2D eigenvalue weighted by Gasteiger charge is 2.10. The molecular weight excluding hydrogens is 415 g/mol. The molecule has 0 saturated heterocycles. The number of oxazole rings is 1. The number of thioether (sulfide) groups is 1. The number of carbonyl (C=O) groups is 1. The molecule has 0 saturated carbocycles. The molecule has 3 rings (SSSR count). The molecule has 0 atom stereocenters. The number of nitrogens with zero attached hydrogens (tertiary/aromatic N) is 1. The Balaban J connectivity index is 1.51. The maximum atomic E-state index is 12.0. The first-order valence-electron chi connectivity index (χ1n) is 7.55. The Morgan fingerprint density at radius 2 is 1.88 bits per heavy atom. The van der Waals surface area contributed by atoms with Crippen molar-refractivity contribution in [2.75, 3.05) is 11.1 Å². The summed E-state index contributed by atoms with van der Waals surface area (Å²) < 4.78 is 5.47. The molecule has 1 heterocycles. The Labute approximate surface area is 169 Å². The van der Waals surface area contributed by atoms with E-state index in [1.54, 1.807) is 36.6 Å². The van der Waals surface area contributed by atoms with Gasteiger partial charge in [0, 0.05) is 16.3 Å². The van der Waals surface area contributed by atoms with Gasteiger partial charge in [0.05, 0.1) is 27.2 Å². The molecule has 0 aliphatic rings. The number of carbonyl (C=O) groups excluding carboxylic acids is 1. The van der Waals surface area contributed by atoms with Crippen molar-refractivity contribution in [2.45, 2.75) is 5.75 Å². The van der Waals surface area contributed by atoms with Crippen LogP contribution in [0.2, 0.25) is 15.1 Å². The van der Waals surface area contributed by atoms with Crippen LogP contribution in [0.5, 0.6) is 0 Å². The highest BCUT2D eigenvalue weighted by molar-refractivity contribution is 7.99. The summed E-state index contributed by atoms with van der Waals surface area (Å²) in [5.74, 6) is 1.16. The van der Waals surface area contributed by atoms with Gasteiger partial charge in [-0.3, -0.25) is 4.79 Å². The van der Waals surface area contributed by atoms with Crippen molar-refractivity contribution in [1.29, 1.82) is 0 Å². The zero-order chi connectivity index (χ0) is 18.5. The SMILES string of the molecule is O=C(CSCc1coc(-c2ccc(Cl)cc2)n1)Nc1cccc(Cl)c1Cl. The van der Waals surface area contributed by atoms with Gasteiger partial charge < -0.3 is 9.73 Å². The Hall–Kier alpha value is -1.66. The molecule has 1 amide bonds. The average Bonchev–Trinajstić information content (AvgIpc) is 3.08. The monoisotopic (exact) mass is 426 g/mol. The highest BCUT2D eigenvalue weighted by atomic mass is 35.5. The van der Waals surface area contributed by atoms with Gasteiger partial charge in [-0.25, -0.2) is 4.98 Å². The van der Waals surface area contributed by atoms with Gasteiger partial charge in [0.2, 0.25) is 11.8 Å². The summed E-state index contributed by atoms with van der Waals surface area (Å²) in [7, 11) is 0. The molecule has 2 aromatic carbocycles. The van der Waals surface area contributed by atoms with Crippen LogP contribution in [-0.4, -0.2) is 16.6 Å². The maximum absolute atomic E-state index is 12.0. The predicted molar refractivity (Wildman–Crippen MR) is 108 cm³/mol. The summed E-state index contributed by atoms with van der Waals surface area (Å²) in [5, 5.41) is 4.12. The molecule has 0 radical (unpaired) electrons. The second-order valence-electron chi connectivity index (χ2n) is 5.29. The second kappa shape index (κ2) is 8.82. The van der Waals surface area contributed by atoms with Crippen LogP contribution in [0.1, 0.15) is 5.69 Å². The molecule has 1 N–H and O–H groups in total. The summed E-state index contributed by atoms with van der Waals surface area (Å²) in [5.41, 5.74) is 2.10. The third-order valence-electron chi connectivity index (χ3n) is 3.35. The number of hydrogen-bond acceptors (Lipinski definition) is 4. The molecule has 4 nitrogen and oxygen atoms in total. The number of amides is 1. The molecule has 0 spiro atoms. The first-order chi connectivity index (χ1) is 12.5. The molecule has 0 bridgehead atoms. The van der Waals surface area contributed by atoms with Crippen LogP contribution in [0.25, 0.3) is 11.5 Å². The molecule has 0 unspecified atom stereocenters. The first kappa shape index (κ1) is 19.1. The lowest BCUT2D eigenvalue weighted by atomic mass is 10.2. The van der Waals surface area contributed by atoms with Crippen LogP contribution >= 0.6 is 46.6 Å². The lowest BCUT2D eigenvalue weighted by Crippen LogP contribution is -2.14. The van der Waals surface area contributed by atoms with Crippen molar-refractivity contribution in [1.82, 2.24) is 4.98 Å². The molecule has 0 aliphatic carbocycles. The molecule has 1 aromatic heterocycles. The zero-order valence-electron chi connectivity index (χ0n) is 13.3. The van der Waals surface area contributed by atoms with Crippen LogP contribution in [0.15, 0.2) is 53.1 Å². The number of aromatic nitrogens is 1. The Morgan fingerprint density at radius 3 is 2.65 bits per heavy atom. The fourth-order valence-electron chi connectivity index (χ4n) is 2.13. The molecular formula is C18H13Cl3N2O2S. The molecule has 8 heteroatoms. The van der Waals surface area contributed by atoms with Gasteiger partial charge in [0.25, 0.3) is 0 Å². The summed E-state index contributed by atoms with van der Waals surface area (Å²) >= 11 is 19.3. The molecule has 0 fully saturated rings. The minimum atomic E-state index is -0.166. The van der Waals surface area contributed by atoms with Crippen molar-refractivity contribution in [3.8, 4) is 11.5 Å². The minimum Gasteiger partial charge on any atom is -0.444 e. The number of anilines is 1. The van der Waals surface area contributed by atoms with Crippen molar-refractivity contribution in [3.63, 3.8) is 0 Å². The van der Waals surface area contributed by atoms with E-state index in [1.165, 1.54) is 11.8 Å². The van der Waals surface area contributed by atoms with Crippen LogP contribution in [0.4, 0.5) is 5.69 Å². The fourth-order valence-corrected chi connectivity index (χ4v) is 3.31. The average molecular weight is 428 g/mol. The summed E-state index contributed by atoms with van der Waals surface area (Å²) in [6.07, 6.45) is 1.59. The van der Waals surface area contributed by atoms with Gasteiger partial charge in [0.1, 0.15) is 6.26 Å². The van der Waals surface area contributed by atoms with E-state index in [4.69, 9.17) is 39.2 Å². The number of rotatable bonds is 6. The van der Waals surface area contributed by atoms with Gasteiger partial charge in [0.15, 0.2) is 0 Å². The minimum absolute atomic E-state index is 0.166. The molecule has 26 heavy (non-hydrogen) atoms. The lowest BCUT2D eigenvalue weighted by Gasteiger charge is -2.07. The molecule has 3 aromatic rings. The van der Waals surface area contributed by atoms with E-state index >= 15 is 0 Å². The number of halogens is 3. The van der Waals surface area contributed by atoms with Gasteiger partial charge in [-0.15, -0.1) is 11.8 Å². The quantitative estimate of drug-likeness (QED) is 0.511. The number of hydrogen-bond donors (Lipinski definition) is 1. The van der Waals surface area contributed by atoms with E-state index in [0.717, 1.165) is 11.3 Å². The predicted octanol–water partition coefficient (Wildman–Crippen LogP) is 6.17.